The molecule has 3 aromatic rings. The van der Waals surface area contributed by atoms with Crippen molar-refractivity contribution in [2.24, 2.45) is 0 Å². The summed E-state index contributed by atoms with van der Waals surface area (Å²) in [5.41, 5.74) is 2.11. The van der Waals surface area contributed by atoms with Gasteiger partial charge < -0.3 is 24.3 Å². The van der Waals surface area contributed by atoms with Gasteiger partial charge in [-0.3, -0.25) is 0 Å². The maximum Gasteiger partial charge on any atom is 0.124 e. The molecule has 0 spiro atoms. The van der Waals surface area contributed by atoms with Gasteiger partial charge in [-0.2, -0.15) is 0 Å². The summed E-state index contributed by atoms with van der Waals surface area (Å²) in [5, 5.41) is 3.42. The number of hydrogen-bond donors (Lipinski definition) is 1. The van der Waals surface area contributed by atoms with E-state index in [0.29, 0.717) is 33.0 Å². The van der Waals surface area contributed by atoms with Crippen LogP contribution in [0.3, 0.4) is 0 Å². The fourth-order valence-electron chi connectivity index (χ4n) is 2.73. The predicted octanol–water partition coefficient (Wildman–Crippen LogP) is 4.78. The first-order valence-corrected chi connectivity index (χ1v) is 9.69. The molecule has 0 amide bonds. The highest BCUT2D eigenvalue weighted by Crippen LogP contribution is 2.21. The summed E-state index contributed by atoms with van der Waals surface area (Å²) >= 11 is 0. The molecular weight excluding hydrogens is 366 g/mol. The lowest BCUT2D eigenvalue weighted by Gasteiger charge is -2.14. The SMILES string of the molecule is COCCOc1ccc(NCc2ccccc2OCCOc2ccccc2)cc1. The van der Waals surface area contributed by atoms with Crippen LogP contribution in [0.2, 0.25) is 0 Å². The summed E-state index contributed by atoms with van der Waals surface area (Å²) in [4.78, 5) is 0. The minimum Gasteiger partial charge on any atom is -0.491 e. The fraction of sp³-hybridized carbons (Fsp3) is 0.250. The molecule has 3 aromatic carbocycles. The highest BCUT2D eigenvalue weighted by atomic mass is 16.5. The zero-order chi connectivity index (χ0) is 20.2. The lowest BCUT2D eigenvalue weighted by Crippen LogP contribution is -2.11. The number of benzene rings is 3. The lowest BCUT2D eigenvalue weighted by molar-refractivity contribution is 0.146. The first-order chi connectivity index (χ1) is 14.3. The number of anilines is 1. The van der Waals surface area contributed by atoms with Gasteiger partial charge in [-0.05, 0) is 42.5 Å². The number of hydrogen-bond acceptors (Lipinski definition) is 5. The van der Waals surface area contributed by atoms with Gasteiger partial charge in [0.1, 0.15) is 37.1 Å². The van der Waals surface area contributed by atoms with E-state index in [1.807, 2.05) is 72.8 Å². The molecule has 29 heavy (non-hydrogen) atoms. The third-order valence-electron chi connectivity index (χ3n) is 4.22. The first kappa shape index (κ1) is 20.6. The molecule has 0 aliphatic rings. The topological polar surface area (TPSA) is 49.0 Å². The second kappa shape index (κ2) is 11.6. The van der Waals surface area contributed by atoms with Gasteiger partial charge in [-0.1, -0.05) is 36.4 Å². The van der Waals surface area contributed by atoms with Crippen molar-refractivity contribution in [2.45, 2.75) is 6.54 Å². The van der Waals surface area contributed by atoms with Crippen molar-refractivity contribution >= 4 is 5.69 Å². The molecule has 0 radical (unpaired) electrons. The fourth-order valence-corrected chi connectivity index (χ4v) is 2.73. The Morgan fingerprint density at radius 1 is 0.621 bits per heavy atom. The Morgan fingerprint density at radius 2 is 1.24 bits per heavy atom. The van der Waals surface area contributed by atoms with Crippen LogP contribution in [-0.4, -0.2) is 33.5 Å². The molecule has 152 valence electrons. The first-order valence-electron chi connectivity index (χ1n) is 9.69. The van der Waals surface area contributed by atoms with Gasteiger partial charge in [-0.25, -0.2) is 0 Å². The number of para-hydroxylation sites is 2. The molecule has 0 fully saturated rings. The number of rotatable bonds is 12. The van der Waals surface area contributed by atoms with Crippen LogP contribution in [0.25, 0.3) is 0 Å². The second-order valence-electron chi connectivity index (χ2n) is 6.34. The monoisotopic (exact) mass is 393 g/mol. The molecule has 0 bridgehead atoms. The minimum absolute atomic E-state index is 0.486. The summed E-state index contributed by atoms with van der Waals surface area (Å²) < 4.78 is 22.2. The zero-order valence-corrected chi connectivity index (χ0v) is 16.7. The van der Waals surface area contributed by atoms with Crippen LogP contribution >= 0.6 is 0 Å². The van der Waals surface area contributed by atoms with E-state index in [9.17, 15) is 0 Å². The molecule has 0 heterocycles. The number of nitrogens with one attached hydrogen (secondary N) is 1. The highest BCUT2D eigenvalue weighted by Gasteiger charge is 2.04. The molecule has 0 aromatic heterocycles. The number of ether oxygens (including phenoxy) is 4. The van der Waals surface area contributed by atoms with Crippen molar-refractivity contribution in [3.05, 3.63) is 84.4 Å². The molecule has 0 aliphatic heterocycles. The van der Waals surface area contributed by atoms with E-state index in [0.717, 1.165) is 28.5 Å². The van der Waals surface area contributed by atoms with Crippen molar-refractivity contribution in [3.63, 3.8) is 0 Å². The third kappa shape index (κ3) is 7.05. The van der Waals surface area contributed by atoms with Crippen molar-refractivity contribution in [2.75, 3.05) is 38.9 Å². The Labute approximate surface area is 172 Å². The summed E-state index contributed by atoms with van der Waals surface area (Å²) in [6.07, 6.45) is 0. The van der Waals surface area contributed by atoms with Crippen LogP contribution in [0.4, 0.5) is 5.69 Å². The van der Waals surface area contributed by atoms with Gasteiger partial charge in [-0.15, -0.1) is 0 Å². The van der Waals surface area contributed by atoms with Crippen molar-refractivity contribution in [1.82, 2.24) is 0 Å². The normalized spacial score (nSPS) is 10.4. The lowest BCUT2D eigenvalue weighted by atomic mass is 10.2. The molecule has 3 rings (SSSR count). The van der Waals surface area contributed by atoms with Crippen LogP contribution in [-0.2, 0) is 11.3 Å². The summed E-state index contributed by atoms with van der Waals surface area (Å²) in [6.45, 7) is 2.77. The van der Waals surface area contributed by atoms with E-state index in [4.69, 9.17) is 18.9 Å². The van der Waals surface area contributed by atoms with Crippen LogP contribution in [0.1, 0.15) is 5.56 Å². The molecule has 0 saturated carbocycles. The molecule has 0 atom stereocenters. The Bertz CT molecular complexity index is 837. The summed E-state index contributed by atoms with van der Waals surface area (Å²) in [6, 6.07) is 25.7. The van der Waals surface area contributed by atoms with Gasteiger partial charge in [0.25, 0.3) is 0 Å². The van der Waals surface area contributed by atoms with E-state index < -0.39 is 0 Å². The smallest absolute Gasteiger partial charge is 0.124 e. The van der Waals surface area contributed by atoms with Crippen molar-refractivity contribution in [1.29, 1.82) is 0 Å². The van der Waals surface area contributed by atoms with Crippen LogP contribution in [0, 0.1) is 0 Å². The van der Waals surface area contributed by atoms with Crippen molar-refractivity contribution < 1.29 is 18.9 Å². The Hall–Kier alpha value is -3.18. The van der Waals surface area contributed by atoms with Crippen LogP contribution in [0.5, 0.6) is 17.2 Å². The summed E-state index contributed by atoms with van der Waals surface area (Å²) in [7, 11) is 1.66. The summed E-state index contributed by atoms with van der Waals surface area (Å²) in [5.74, 6) is 2.53. The van der Waals surface area contributed by atoms with E-state index in [-0.39, 0.29) is 0 Å². The van der Waals surface area contributed by atoms with E-state index in [1.54, 1.807) is 7.11 Å². The van der Waals surface area contributed by atoms with Gasteiger partial charge in [0.15, 0.2) is 0 Å². The molecule has 1 N–H and O–H groups in total. The average molecular weight is 393 g/mol. The largest absolute Gasteiger partial charge is 0.491 e. The molecule has 0 aliphatic carbocycles. The van der Waals surface area contributed by atoms with Gasteiger partial charge in [0.2, 0.25) is 0 Å². The Morgan fingerprint density at radius 3 is 2.00 bits per heavy atom. The molecule has 5 nitrogen and oxygen atoms in total. The quantitative estimate of drug-likeness (QED) is 0.449. The predicted molar refractivity (Wildman–Crippen MR) is 115 cm³/mol. The van der Waals surface area contributed by atoms with E-state index >= 15 is 0 Å². The van der Waals surface area contributed by atoms with Gasteiger partial charge >= 0.3 is 0 Å². The van der Waals surface area contributed by atoms with E-state index in [2.05, 4.69) is 11.4 Å². The van der Waals surface area contributed by atoms with Crippen molar-refractivity contribution in [3.8, 4) is 17.2 Å². The zero-order valence-electron chi connectivity index (χ0n) is 16.7. The third-order valence-corrected chi connectivity index (χ3v) is 4.22. The highest BCUT2D eigenvalue weighted by molar-refractivity contribution is 5.48. The maximum absolute atomic E-state index is 5.92. The molecule has 5 heteroatoms. The average Bonchev–Trinajstić information content (AvgIpc) is 2.78. The van der Waals surface area contributed by atoms with E-state index in [1.165, 1.54) is 0 Å². The molecular formula is C24H27NO4. The van der Waals surface area contributed by atoms with Crippen LogP contribution < -0.4 is 19.5 Å². The Kier molecular flexibility index (Phi) is 8.23. The van der Waals surface area contributed by atoms with Gasteiger partial charge in [0, 0.05) is 24.9 Å². The Balaban J connectivity index is 1.46. The van der Waals surface area contributed by atoms with Gasteiger partial charge in [0.05, 0.1) is 6.61 Å². The molecule has 0 unspecified atom stereocenters. The van der Waals surface area contributed by atoms with Crippen LogP contribution in [0.15, 0.2) is 78.9 Å². The standard InChI is InChI=1S/C24H27NO4/c1-26-15-16-27-23-13-11-21(12-14-23)25-19-20-7-5-6-10-24(20)29-18-17-28-22-8-3-2-4-9-22/h2-14,25H,15-19H2,1H3. The second-order valence-corrected chi connectivity index (χ2v) is 6.34. The maximum atomic E-state index is 5.92. The number of methoxy groups -OCH3 is 1. The minimum atomic E-state index is 0.486. The molecule has 0 saturated heterocycles.